The van der Waals surface area contributed by atoms with Gasteiger partial charge in [-0.25, -0.2) is 0 Å². The van der Waals surface area contributed by atoms with Gasteiger partial charge in [0.25, 0.3) is 0 Å². The molecule has 1 amide bonds. The smallest absolute Gasteiger partial charge is 0.232 e. The lowest BCUT2D eigenvalue weighted by Gasteiger charge is -2.22. The van der Waals surface area contributed by atoms with Gasteiger partial charge in [0.2, 0.25) is 5.91 Å². The molecule has 1 aliphatic carbocycles. The van der Waals surface area contributed by atoms with Crippen LogP contribution in [0.1, 0.15) is 76.8 Å². The first-order chi connectivity index (χ1) is 17.6. The van der Waals surface area contributed by atoms with Crippen molar-refractivity contribution in [3.05, 3.63) is 94.8 Å². The molecule has 0 saturated heterocycles. The number of ether oxygens (including phenoxy) is 1. The third kappa shape index (κ3) is 6.85. The summed E-state index contributed by atoms with van der Waals surface area (Å²) in [4.78, 5) is 17.1. The normalized spacial score (nSPS) is 16.8. The molecule has 0 bridgehead atoms. The quantitative estimate of drug-likeness (QED) is 0.457. The zero-order valence-electron chi connectivity index (χ0n) is 23.8. The maximum absolute atomic E-state index is 13.3. The van der Waals surface area contributed by atoms with Gasteiger partial charge in [-0.1, -0.05) is 83.2 Å². The first-order valence-corrected chi connectivity index (χ1v) is 13.3. The highest BCUT2D eigenvalue weighted by atomic mass is 16.5. The Morgan fingerprint density at radius 2 is 1.76 bits per heavy atom. The molecule has 1 heterocycles. The van der Waals surface area contributed by atoms with E-state index in [1.165, 1.54) is 5.56 Å². The largest absolute Gasteiger partial charge is 0.464 e. The van der Waals surface area contributed by atoms with Crippen LogP contribution in [0.4, 0.5) is 5.69 Å². The molecule has 5 nitrogen and oxygen atoms in total. The average molecular weight is 502 g/mol. The van der Waals surface area contributed by atoms with Crippen molar-refractivity contribution in [1.82, 2.24) is 10.2 Å². The van der Waals surface area contributed by atoms with Gasteiger partial charge < -0.3 is 19.9 Å². The molecule has 0 saturated carbocycles. The molecule has 5 heteroatoms. The lowest BCUT2D eigenvalue weighted by atomic mass is 9.86. The van der Waals surface area contributed by atoms with Crippen LogP contribution < -0.4 is 10.2 Å². The van der Waals surface area contributed by atoms with Gasteiger partial charge in [-0.05, 0) is 42.0 Å². The number of amides is 1. The predicted molar refractivity (Wildman–Crippen MR) is 155 cm³/mol. The van der Waals surface area contributed by atoms with E-state index in [1.807, 2.05) is 59.3 Å². The summed E-state index contributed by atoms with van der Waals surface area (Å²) in [5.74, 6) is 0.778. The highest BCUT2D eigenvalue weighted by Gasteiger charge is 2.30. The average Bonchev–Trinajstić information content (AvgIpc) is 3.33. The van der Waals surface area contributed by atoms with Crippen LogP contribution in [-0.2, 0) is 14.9 Å². The second-order valence-electron chi connectivity index (χ2n) is 10.5. The van der Waals surface area contributed by atoms with Crippen LogP contribution in [0.15, 0.2) is 78.2 Å². The molecule has 37 heavy (non-hydrogen) atoms. The highest BCUT2D eigenvalue weighted by Crippen LogP contribution is 2.36. The van der Waals surface area contributed by atoms with Gasteiger partial charge in [-0.2, -0.15) is 0 Å². The van der Waals surface area contributed by atoms with E-state index in [4.69, 9.17) is 4.74 Å². The number of nitrogens with zero attached hydrogens (tertiary/aromatic N) is 2. The van der Waals surface area contributed by atoms with E-state index in [9.17, 15) is 4.79 Å². The second kappa shape index (κ2) is 12.2. The van der Waals surface area contributed by atoms with Crippen LogP contribution in [0, 0.1) is 0 Å². The summed E-state index contributed by atoms with van der Waals surface area (Å²) < 4.78 is 6.49. The monoisotopic (exact) mass is 501 g/mol. The minimum atomic E-state index is -0.341. The van der Waals surface area contributed by atoms with E-state index in [2.05, 4.69) is 73.5 Å². The van der Waals surface area contributed by atoms with Gasteiger partial charge >= 0.3 is 0 Å². The molecular weight excluding hydrogens is 458 g/mol. The third-order valence-corrected chi connectivity index (χ3v) is 6.64. The Morgan fingerprint density at radius 1 is 1.05 bits per heavy atom. The molecule has 1 unspecified atom stereocenters. The molecule has 198 valence electrons. The highest BCUT2D eigenvalue weighted by molar-refractivity contribution is 5.83. The van der Waals surface area contributed by atoms with E-state index in [-0.39, 0.29) is 24.0 Å². The lowest BCUT2D eigenvalue weighted by molar-refractivity contribution is -0.127. The standard InChI is InChI=1S/C30H37N3O2.C2H6/c1-30(2,3)23-17-15-21(16-18-23)29-31-26(20-27(34)33(6)24-12-8-7-9-13-24)28(35-29)22-11-10-14-25(19-22)32(4)5;1-2/h7-8,10-12,14-19,29,31H,9,13,20H2,1-6H3;1-2H3. The van der Waals surface area contributed by atoms with Crippen molar-refractivity contribution in [3.63, 3.8) is 0 Å². The van der Waals surface area contributed by atoms with Gasteiger partial charge in [0.1, 0.15) is 5.76 Å². The number of carbonyl (C=O) groups is 1. The van der Waals surface area contributed by atoms with E-state index in [1.54, 1.807) is 4.90 Å². The summed E-state index contributed by atoms with van der Waals surface area (Å²) in [6, 6.07) is 16.8. The molecule has 0 aromatic heterocycles. The number of allylic oxidation sites excluding steroid dienone is 4. The zero-order chi connectivity index (χ0) is 27.2. The maximum atomic E-state index is 13.3. The van der Waals surface area contributed by atoms with Crippen LogP contribution in [0.2, 0.25) is 0 Å². The van der Waals surface area contributed by atoms with E-state index in [0.29, 0.717) is 0 Å². The van der Waals surface area contributed by atoms with E-state index < -0.39 is 0 Å². The number of benzene rings is 2. The van der Waals surface area contributed by atoms with Gasteiger partial charge in [0.05, 0.1) is 12.1 Å². The number of rotatable bonds is 6. The summed E-state index contributed by atoms with van der Waals surface area (Å²) in [6.45, 7) is 10.6. The maximum Gasteiger partial charge on any atom is 0.232 e. The molecule has 0 spiro atoms. The molecule has 0 fully saturated rings. The van der Waals surface area contributed by atoms with Crippen molar-refractivity contribution in [2.75, 3.05) is 26.0 Å². The first-order valence-electron chi connectivity index (χ1n) is 13.3. The fourth-order valence-electron chi connectivity index (χ4n) is 4.35. The first kappa shape index (κ1) is 28.1. The summed E-state index contributed by atoms with van der Waals surface area (Å²) in [5.41, 5.74) is 6.30. The van der Waals surface area contributed by atoms with Crippen molar-refractivity contribution in [1.29, 1.82) is 0 Å². The van der Waals surface area contributed by atoms with Gasteiger partial charge in [0.15, 0.2) is 6.23 Å². The van der Waals surface area contributed by atoms with Crippen LogP contribution in [0.3, 0.4) is 0 Å². The number of anilines is 1. The molecular formula is C32H43N3O2. The van der Waals surface area contributed by atoms with Crippen LogP contribution in [0.5, 0.6) is 0 Å². The van der Waals surface area contributed by atoms with Gasteiger partial charge in [-0.15, -0.1) is 0 Å². The number of carbonyl (C=O) groups excluding carboxylic acids is 1. The molecule has 4 rings (SSSR count). The van der Waals surface area contributed by atoms with E-state index >= 15 is 0 Å². The van der Waals surface area contributed by atoms with Crippen molar-refractivity contribution in [2.24, 2.45) is 0 Å². The Labute approximate surface area is 223 Å². The minimum Gasteiger partial charge on any atom is -0.464 e. The summed E-state index contributed by atoms with van der Waals surface area (Å²) in [6.07, 6.45) is 7.92. The second-order valence-corrected chi connectivity index (χ2v) is 10.5. The lowest BCUT2D eigenvalue weighted by Crippen LogP contribution is -2.28. The molecule has 1 N–H and O–H groups in total. The summed E-state index contributed by atoms with van der Waals surface area (Å²) in [7, 11) is 5.90. The Bertz CT molecular complexity index is 1170. The van der Waals surface area contributed by atoms with Crippen LogP contribution in [-0.4, -0.2) is 32.0 Å². The van der Waals surface area contributed by atoms with Crippen LogP contribution >= 0.6 is 0 Å². The molecule has 2 aliphatic rings. The fourth-order valence-corrected chi connectivity index (χ4v) is 4.35. The predicted octanol–water partition coefficient (Wildman–Crippen LogP) is 7.15. The molecule has 2 aromatic carbocycles. The van der Waals surface area contributed by atoms with Crippen molar-refractivity contribution in [3.8, 4) is 0 Å². The van der Waals surface area contributed by atoms with Crippen molar-refractivity contribution >= 4 is 17.4 Å². The Morgan fingerprint density at radius 3 is 2.35 bits per heavy atom. The molecule has 1 aliphatic heterocycles. The zero-order valence-corrected chi connectivity index (χ0v) is 23.8. The number of hydrogen-bond acceptors (Lipinski definition) is 4. The SMILES string of the molecule is CC.CN(C(=O)CC1=C(c2cccc(N(C)C)c2)OC(c2ccc(C(C)(C)C)cc2)N1)C1=CC=CCC1. The molecule has 1 atom stereocenters. The fraction of sp³-hybridized carbons (Fsp3) is 0.406. The summed E-state index contributed by atoms with van der Waals surface area (Å²) >= 11 is 0. The van der Waals surface area contributed by atoms with Crippen LogP contribution in [0.25, 0.3) is 5.76 Å². The number of hydrogen-bond donors (Lipinski definition) is 1. The topological polar surface area (TPSA) is 44.8 Å². The van der Waals surface area contributed by atoms with Gasteiger partial charge in [0, 0.05) is 43.7 Å². The minimum absolute atomic E-state index is 0.0441. The number of nitrogens with one attached hydrogen (secondary N) is 1. The van der Waals surface area contributed by atoms with Crippen molar-refractivity contribution < 1.29 is 9.53 Å². The molecule has 2 aromatic rings. The van der Waals surface area contributed by atoms with E-state index in [0.717, 1.165) is 46.8 Å². The Balaban J connectivity index is 0.00000186. The third-order valence-electron chi connectivity index (χ3n) is 6.64. The molecule has 0 radical (unpaired) electrons. The van der Waals surface area contributed by atoms with Crippen molar-refractivity contribution in [2.45, 2.75) is 65.5 Å². The van der Waals surface area contributed by atoms with Gasteiger partial charge in [-0.3, -0.25) is 4.79 Å². The Hall–Kier alpha value is -3.47. The summed E-state index contributed by atoms with van der Waals surface area (Å²) in [5, 5.41) is 3.51. The Kier molecular flexibility index (Phi) is 9.25.